The second kappa shape index (κ2) is 6.07. The number of amides is 1. The molecule has 0 radical (unpaired) electrons. The summed E-state index contributed by atoms with van der Waals surface area (Å²) < 4.78 is 5.24. The van der Waals surface area contributed by atoms with Crippen molar-refractivity contribution >= 4 is 11.9 Å². The molecule has 1 atom stereocenters. The molecule has 2 rings (SSSR count). The van der Waals surface area contributed by atoms with Crippen LogP contribution in [-0.2, 0) is 28.9 Å². The summed E-state index contributed by atoms with van der Waals surface area (Å²) in [5.74, 6) is -0.351. The molecule has 1 saturated heterocycles. The standard InChI is InChI=1S/C14H20N2O4/c1-3-10-9(12(4-2)20-15-10)8-13(17)16-7-5-6-11(16)14(18)19/h11H,3-8H2,1-2H3,(H,18,19)/t11-/m1/s1. The van der Waals surface area contributed by atoms with Gasteiger partial charge in [0.25, 0.3) is 0 Å². The summed E-state index contributed by atoms with van der Waals surface area (Å²) in [5.41, 5.74) is 1.62. The highest BCUT2D eigenvalue weighted by atomic mass is 16.5. The Morgan fingerprint density at radius 2 is 2.15 bits per heavy atom. The van der Waals surface area contributed by atoms with Crippen molar-refractivity contribution in [1.82, 2.24) is 10.1 Å². The average Bonchev–Trinajstić information content (AvgIpc) is 3.04. The van der Waals surface area contributed by atoms with Gasteiger partial charge in [0.1, 0.15) is 11.8 Å². The third-order valence-electron chi connectivity index (χ3n) is 3.79. The minimum Gasteiger partial charge on any atom is -0.480 e. The van der Waals surface area contributed by atoms with Gasteiger partial charge in [0.2, 0.25) is 5.91 Å². The first kappa shape index (κ1) is 14.6. The molecular formula is C14H20N2O4. The second-order valence-corrected chi connectivity index (χ2v) is 5.00. The molecule has 1 aliphatic heterocycles. The molecule has 0 aliphatic carbocycles. The van der Waals surface area contributed by atoms with Crippen molar-refractivity contribution in [2.24, 2.45) is 0 Å². The van der Waals surface area contributed by atoms with Gasteiger partial charge >= 0.3 is 5.97 Å². The van der Waals surface area contributed by atoms with Crippen LogP contribution in [0.1, 0.15) is 43.7 Å². The van der Waals surface area contributed by atoms with Crippen molar-refractivity contribution < 1.29 is 19.2 Å². The number of likely N-dealkylation sites (tertiary alicyclic amines) is 1. The largest absolute Gasteiger partial charge is 0.480 e. The van der Waals surface area contributed by atoms with Gasteiger partial charge in [-0.15, -0.1) is 0 Å². The van der Waals surface area contributed by atoms with Crippen molar-refractivity contribution in [3.05, 3.63) is 17.0 Å². The molecule has 6 heteroatoms. The molecule has 1 aliphatic rings. The first-order valence-corrected chi connectivity index (χ1v) is 7.07. The molecule has 0 aromatic carbocycles. The zero-order chi connectivity index (χ0) is 14.7. The summed E-state index contributed by atoms with van der Waals surface area (Å²) in [5, 5.41) is 13.1. The van der Waals surface area contributed by atoms with E-state index in [1.165, 1.54) is 4.90 Å². The first-order chi connectivity index (χ1) is 9.58. The molecule has 0 bridgehead atoms. The van der Waals surface area contributed by atoms with Crippen LogP contribution >= 0.6 is 0 Å². The van der Waals surface area contributed by atoms with Crippen LogP contribution in [0.2, 0.25) is 0 Å². The Hall–Kier alpha value is -1.85. The highest BCUT2D eigenvalue weighted by Crippen LogP contribution is 2.22. The van der Waals surface area contributed by atoms with Crippen molar-refractivity contribution in [1.29, 1.82) is 0 Å². The smallest absolute Gasteiger partial charge is 0.326 e. The number of carbonyl (C=O) groups is 2. The molecule has 0 spiro atoms. The summed E-state index contributed by atoms with van der Waals surface area (Å²) in [7, 11) is 0. The van der Waals surface area contributed by atoms with Crippen LogP contribution in [-0.4, -0.2) is 39.6 Å². The van der Waals surface area contributed by atoms with Gasteiger partial charge in [-0.3, -0.25) is 4.79 Å². The maximum absolute atomic E-state index is 12.4. The lowest BCUT2D eigenvalue weighted by Crippen LogP contribution is -2.41. The monoisotopic (exact) mass is 280 g/mol. The number of aryl methyl sites for hydroxylation is 2. The van der Waals surface area contributed by atoms with E-state index in [4.69, 9.17) is 9.63 Å². The van der Waals surface area contributed by atoms with E-state index in [1.807, 2.05) is 13.8 Å². The van der Waals surface area contributed by atoms with Gasteiger partial charge in [-0.1, -0.05) is 19.0 Å². The third-order valence-corrected chi connectivity index (χ3v) is 3.79. The molecule has 1 N–H and O–H groups in total. The fourth-order valence-electron chi connectivity index (χ4n) is 2.71. The van der Waals surface area contributed by atoms with Crippen molar-refractivity contribution in [3.8, 4) is 0 Å². The van der Waals surface area contributed by atoms with Crippen LogP contribution in [0.15, 0.2) is 4.52 Å². The SMILES string of the molecule is CCc1noc(CC)c1CC(=O)N1CCC[C@@H]1C(=O)O. The predicted molar refractivity (Wildman–Crippen MR) is 71.3 cm³/mol. The second-order valence-electron chi connectivity index (χ2n) is 5.00. The molecular weight excluding hydrogens is 260 g/mol. The molecule has 1 fully saturated rings. The van der Waals surface area contributed by atoms with Crippen LogP contribution in [0.25, 0.3) is 0 Å². The fourth-order valence-corrected chi connectivity index (χ4v) is 2.71. The summed E-state index contributed by atoms with van der Waals surface area (Å²) in [6.07, 6.45) is 2.84. The number of carbonyl (C=O) groups excluding carboxylic acids is 1. The zero-order valence-corrected chi connectivity index (χ0v) is 11.9. The van der Waals surface area contributed by atoms with Gasteiger partial charge in [-0.05, 0) is 19.3 Å². The average molecular weight is 280 g/mol. The zero-order valence-electron chi connectivity index (χ0n) is 11.9. The molecule has 2 heterocycles. The quantitative estimate of drug-likeness (QED) is 0.881. The van der Waals surface area contributed by atoms with Crippen molar-refractivity contribution in [2.45, 2.75) is 52.0 Å². The minimum atomic E-state index is -0.924. The Morgan fingerprint density at radius 1 is 1.40 bits per heavy atom. The summed E-state index contributed by atoms with van der Waals surface area (Å²) in [6.45, 7) is 4.43. The van der Waals surface area contributed by atoms with Crippen LogP contribution < -0.4 is 0 Å². The number of hydrogen-bond acceptors (Lipinski definition) is 4. The Labute approximate surface area is 117 Å². The molecule has 0 saturated carbocycles. The van der Waals surface area contributed by atoms with Gasteiger partial charge in [0, 0.05) is 18.5 Å². The lowest BCUT2D eigenvalue weighted by atomic mass is 10.1. The van der Waals surface area contributed by atoms with E-state index >= 15 is 0 Å². The molecule has 0 unspecified atom stereocenters. The summed E-state index contributed by atoms with van der Waals surface area (Å²) >= 11 is 0. The van der Waals surface area contributed by atoms with E-state index in [0.717, 1.165) is 23.4 Å². The molecule has 20 heavy (non-hydrogen) atoms. The van der Waals surface area contributed by atoms with Gasteiger partial charge in [0.15, 0.2) is 0 Å². The predicted octanol–water partition coefficient (Wildman–Crippen LogP) is 1.42. The van der Waals surface area contributed by atoms with Crippen LogP contribution in [0, 0.1) is 0 Å². The molecule has 1 aromatic rings. The Bertz CT molecular complexity index is 488. The van der Waals surface area contributed by atoms with E-state index in [0.29, 0.717) is 25.8 Å². The van der Waals surface area contributed by atoms with E-state index in [-0.39, 0.29) is 12.3 Å². The maximum Gasteiger partial charge on any atom is 0.326 e. The Balaban J connectivity index is 2.15. The lowest BCUT2D eigenvalue weighted by molar-refractivity contribution is -0.148. The topological polar surface area (TPSA) is 83.6 Å². The molecule has 1 aromatic heterocycles. The van der Waals surface area contributed by atoms with Crippen LogP contribution in [0.5, 0.6) is 0 Å². The minimum absolute atomic E-state index is 0.150. The number of carboxylic acids is 1. The fraction of sp³-hybridized carbons (Fsp3) is 0.643. The number of aliphatic carboxylic acids is 1. The van der Waals surface area contributed by atoms with Gasteiger partial charge in [-0.25, -0.2) is 4.79 Å². The first-order valence-electron chi connectivity index (χ1n) is 7.07. The number of hydrogen-bond donors (Lipinski definition) is 1. The van der Waals surface area contributed by atoms with Crippen molar-refractivity contribution in [2.75, 3.05) is 6.54 Å². The summed E-state index contributed by atoms with van der Waals surface area (Å²) in [6, 6.07) is -0.683. The van der Waals surface area contributed by atoms with E-state index in [1.54, 1.807) is 0 Å². The molecule has 1 amide bonds. The lowest BCUT2D eigenvalue weighted by Gasteiger charge is -2.21. The van der Waals surface area contributed by atoms with Gasteiger partial charge in [0.05, 0.1) is 12.1 Å². The number of rotatable bonds is 5. The van der Waals surface area contributed by atoms with Crippen LogP contribution in [0.4, 0.5) is 0 Å². The van der Waals surface area contributed by atoms with Crippen molar-refractivity contribution in [3.63, 3.8) is 0 Å². The maximum atomic E-state index is 12.4. The van der Waals surface area contributed by atoms with Gasteiger partial charge in [-0.2, -0.15) is 0 Å². The van der Waals surface area contributed by atoms with E-state index in [2.05, 4.69) is 5.16 Å². The normalized spacial score (nSPS) is 18.5. The molecule has 110 valence electrons. The van der Waals surface area contributed by atoms with E-state index in [9.17, 15) is 9.59 Å². The molecule has 6 nitrogen and oxygen atoms in total. The van der Waals surface area contributed by atoms with Gasteiger partial charge < -0.3 is 14.5 Å². The summed E-state index contributed by atoms with van der Waals surface area (Å²) in [4.78, 5) is 25.0. The number of carboxylic acid groups (broad SMARTS) is 1. The van der Waals surface area contributed by atoms with E-state index < -0.39 is 12.0 Å². The van der Waals surface area contributed by atoms with Crippen LogP contribution in [0.3, 0.4) is 0 Å². The Morgan fingerprint density at radius 3 is 2.75 bits per heavy atom. The Kier molecular flexibility index (Phi) is 4.42. The number of aromatic nitrogens is 1. The highest BCUT2D eigenvalue weighted by molar-refractivity contribution is 5.85. The highest BCUT2D eigenvalue weighted by Gasteiger charge is 2.34. The number of nitrogens with zero attached hydrogens (tertiary/aromatic N) is 2. The third kappa shape index (κ3) is 2.69.